The van der Waals surface area contributed by atoms with Crippen LogP contribution in [0.5, 0.6) is 0 Å². The van der Waals surface area contributed by atoms with Gasteiger partial charge in [-0.25, -0.2) is 9.78 Å². The molecule has 1 saturated heterocycles. The first-order valence-electron chi connectivity index (χ1n) is 14.8. The number of aromatic nitrogens is 2. The lowest BCUT2D eigenvalue weighted by atomic mass is 9.85. The molecule has 0 spiro atoms. The number of benzene rings is 1. The van der Waals surface area contributed by atoms with Crippen molar-refractivity contribution >= 4 is 17.8 Å². The van der Waals surface area contributed by atoms with Gasteiger partial charge in [0.25, 0.3) is 0 Å². The van der Waals surface area contributed by atoms with Gasteiger partial charge in [-0.1, -0.05) is 62.4 Å². The lowest BCUT2D eigenvalue weighted by molar-refractivity contribution is 0.0240. The van der Waals surface area contributed by atoms with E-state index >= 15 is 0 Å². The first-order chi connectivity index (χ1) is 19.7. The van der Waals surface area contributed by atoms with Crippen LogP contribution in [0.2, 0.25) is 0 Å². The van der Waals surface area contributed by atoms with E-state index in [0.717, 1.165) is 28.8 Å². The molecule has 2 N–H and O–H groups in total. The maximum atomic E-state index is 12.9. The van der Waals surface area contributed by atoms with Gasteiger partial charge >= 0.3 is 6.09 Å². The third kappa shape index (κ3) is 7.04. The number of hydrogen-bond donors (Lipinski definition) is 1. The van der Waals surface area contributed by atoms with E-state index in [0.29, 0.717) is 49.2 Å². The number of primary amides is 1. The van der Waals surface area contributed by atoms with Gasteiger partial charge in [0.05, 0.1) is 11.3 Å². The van der Waals surface area contributed by atoms with Crippen molar-refractivity contribution in [3.05, 3.63) is 66.0 Å². The average molecular weight is 556 g/mol. The predicted molar refractivity (Wildman–Crippen MR) is 162 cm³/mol. The molecule has 5 rings (SSSR count). The Morgan fingerprint density at radius 1 is 0.951 bits per heavy atom. The maximum absolute atomic E-state index is 12.9. The third-order valence-corrected chi connectivity index (χ3v) is 7.90. The van der Waals surface area contributed by atoms with Crippen LogP contribution in [-0.2, 0) is 11.2 Å². The molecule has 8 heteroatoms. The van der Waals surface area contributed by atoms with Crippen molar-refractivity contribution in [2.24, 2.45) is 11.7 Å². The van der Waals surface area contributed by atoms with Gasteiger partial charge in [-0.3, -0.25) is 9.78 Å². The molecule has 2 aliphatic rings. The Kier molecular flexibility index (Phi) is 8.57. The average Bonchev–Trinajstić information content (AvgIpc) is 2.97. The highest BCUT2D eigenvalue weighted by Crippen LogP contribution is 2.37. The van der Waals surface area contributed by atoms with Gasteiger partial charge in [-0.05, 0) is 56.9 Å². The zero-order chi connectivity index (χ0) is 29.0. The summed E-state index contributed by atoms with van der Waals surface area (Å²) in [4.78, 5) is 39.2. The van der Waals surface area contributed by atoms with E-state index in [9.17, 15) is 9.59 Å². The highest BCUT2D eigenvalue weighted by molar-refractivity contribution is 6.04. The number of rotatable bonds is 6. The van der Waals surface area contributed by atoms with E-state index in [-0.39, 0.29) is 6.09 Å². The van der Waals surface area contributed by atoms with Crippen molar-refractivity contribution in [2.75, 3.05) is 31.1 Å². The molecule has 216 valence electrons. The fourth-order valence-corrected chi connectivity index (χ4v) is 5.86. The van der Waals surface area contributed by atoms with E-state index < -0.39 is 11.5 Å². The number of hydrogen-bond acceptors (Lipinski definition) is 6. The van der Waals surface area contributed by atoms with E-state index in [1.54, 1.807) is 11.0 Å². The van der Waals surface area contributed by atoms with Gasteiger partial charge in [0.1, 0.15) is 11.4 Å². The lowest BCUT2D eigenvalue weighted by Crippen LogP contribution is -2.50. The van der Waals surface area contributed by atoms with Crippen LogP contribution in [0.3, 0.4) is 0 Å². The molecule has 2 amide bonds. The number of carbonyl (C=O) groups is 2. The number of ether oxygens (including phenoxy) is 1. The molecular formula is C33H41N5O3. The molecule has 3 aromatic rings. The van der Waals surface area contributed by atoms with Crippen molar-refractivity contribution < 1.29 is 14.3 Å². The summed E-state index contributed by atoms with van der Waals surface area (Å²) in [5, 5.41) is 0. The van der Waals surface area contributed by atoms with E-state index in [4.69, 9.17) is 20.4 Å². The summed E-state index contributed by atoms with van der Waals surface area (Å²) >= 11 is 0. The summed E-state index contributed by atoms with van der Waals surface area (Å²) in [6, 6.07) is 15.7. The summed E-state index contributed by atoms with van der Waals surface area (Å²) in [6.07, 6.45) is 8.87. The molecule has 8 nitrogen and oxygen atoms in total. The zero-order valence-corrected chi connectivity index (χ0v) is 24.4. The summed E-state index contributed by atoms with van der Waals surface area (Å²) in [5.74, 6) is 0.822. The molecule has 41 heavy (non-hydrogen) atoms. The topological polar surface area (TPSA) is 102 Å². The second-order valence-electron chi connectivity index (χ2n) is 12.2. The minimum absolute atomic E-state index is 0.315. The second kappa shape index (κ2) is 12.3. The molecular weight excluding hydrogens is 514 g/mol. The smallest absolute Gasteiger partial charge is 0.410 e. The minimum atomic E-state index is -0.547. The summed E-state index contributed by atoms with van der Waals surface area (Å²) < 4.78 is 5.56. The molecule has 2 aromatic heterocycles. The number of nitrogens with two attached hydrogens (primary N) is 1. The molecule has 1 saturated carbocycles. The van der Waals surface area contributed by atoms with Crippen molar-refractivity contribution in [3.8, 4) is 22.4 Å². The van der Waals surface area contributed by atoms with Crippen LogP contribution in [0, 0.1) is 5.92 Å². The molecule has 2 fully saturated rings. The maximum Gasteiger partial charge on any atom is 0.410 e. The van der Waals surface area contributed by atoms with Gasteiger partial charge < -0.3 is 20.3 Å². The van der Waals surface area contributed by atoms with Crippen molar-refractivity contribution in [2.45, 2.75) is 64.9 Å². The van der Waals surface area contributed by atoms with E-state index in [1.165, 1.54) is 32.1 Å². The number of nitrogens with zero attached hydrogens (tertiary/aromatic N) is 4. The standard InChI is InChI=1S/C33H41N5O3/c1-33(2,3)41-32(40)38-18-16-37(17-19-38)28-22-27(31(34)39)29(24-12-8-5-9-13-24)30(36-28)25-14-15-35-26(21-25)20-23-10-6-4-7-11-23/h5,8-9,12-15,21-23H,4,6-7,10-11,16-20H2,1-3H3,(H2,34,39). The first-order valence-corrected chi connectivity index (χ1v) is 14.8. The van der Waals surface area contributed by atoms with Crippen LogP contribution in [-0.4, -0.2) is 58.6 Å². The quantitative estimate of drug-likeness (QED) is 0.395. The monoisotopic (exact) mass is 555 g/mol. The Morgan fingerprint density at radius 2 is 1.66 bits per heavy atom. The lowest BCUT2D eigenvalue weighted by Gasteiger charge is -2.36. The van der Waals surface area contributed by atoms with Gasteiger partial charge in [-0.15, -0.1) is 0 Å². The molecule has 0 unspecified atom stereocenters. The summed E-state index contributed by atoms with van der Waals surface area (Å²) in [6.45, 7) is 7.73. The van der Waals surface area contributed by atoms with Crippen molar-refractivity contribution in [1.82, 2.24) is 14.9 Å². The normalized spacial score (nSPS) is 16.5. The highest BCUT2D eigenvalue weighted by atomic mass is 16.6. The number of amides is 2. The molecule has 0 bridgehead atoms. The highest BCUT2D eigenvalue weighted by Gasteiger charge is 2.28. The summed E-state index contributed by atoms with van der Waals surface area (Å²) in [7, 11) is 0. The molecule has 0 radical (unpaired) electrons. The van der Waals surface area contributed by atoms with Gasteiger partial charge in [-0.2, -0.15) is 0 Å². The summed E-state index contributed by atoms with van der Waals surface area (Å²) in [5.41, 5.74) is 10.2. The zero-order valence-electron chi connectivity index (χ0n) is 24.4. The second-order valence-corrected chi connectivity index (χ2v) is 12.2. The fourth-order valence-electron chi connectivity index (χ4n) is 5.86. The third-order valence-electron chi connectivity index (χ3n) is 7.90. The first kappa shape index (κ1) is 28.6. The van der Waals surface area contributed by atoms with E-state index in [2.05, 4.69) is 11.0 Å². The van der Waals surface area contributed by atoms with E-state index in [1.807, 2.05) is 63.4 Å². The SMILES string of the molecule is CC(C)(C)OC(=O)N1CCN(c2cc(C(N)=O)c(-c3ccccc3)c(-c3ccnc(CC4CCCCC4)c3)n2)CC1. The number of carbonyl (C=O) groups excluding carboxylic acids is 2. The van der Waals surface area contributed by atoms with Gasteiger partial charge in [0.15, 0.2) is 0 Å². The van der Waals surface area contributed by atoms with Crippen molar-refractivity contribution in [1.29, 1.82) is 0 Å². The van der Waals surface area contributed by atoms with Crippen LogP contribution < -0.4 is 10.6 Å². The Morgan fingerprint density at radius 3 is 2.32 bits per heavy atom. The van der Waals surface area contributed by atoms with Gasteiger partial charge in [0.2, 0.25) is 5.91 Å². The number of anilines is 1. The van der Waals surface area contributed by atoms with Crippen LogP contribution >= 0.6 is 0 Å². The van der Waals surface area contributed by atoms with Crippen LogP contribution in [0.25, 0.3) is 22.4 Å². The fraction of sp³-hybridized carbons (Fsp3) is 0.455. The molecule has 1 aliphatic heterocycles. The Bertz CT molecular complexity index is 1370. The van der Waals surface area contributed by atoms with Crippen LogP contribution in [0.15, 0.2) is 54.7 Å². The number of piperazine rings is 1. The predicted octanol–water partition coefficient (Wildman–Crippen LogP) is 6.09. The Balaban J connectivity index is 1.50. The molecule has 0 atom stereocenters. The van der Waals surface area contributed by atoms with Crippen LogP contribution in [0.1, 0.15) is 68.9 Å². The largest absolute Gasteiger partial charge is 0.444 e. The minimum Gasteiger partial charge on any atom is -0.444 e. The Hall–Kier alpha value is -3.94. The van der Waals surface area contributed by atoms with Crippen LogP contribution in [0.4, 0.5) is 10.6 Å². The van der Waals surface area contributed by atoms with Crippen molar-refractivity contribution in [3.63, 3.8) is 0 Å². The Labute approximate surface area is 242 Å². The molecule has 1 aromatic carbocycles. The molecule has 1 aliphatic carbocycles. The molecule has 3 heterocycles. The number of pyridine rings is 2. The van der Waals surface area contributed by atoms with Gasteiger partial charge in [0, 0.05) is 49.2 Å².